The van der Waals surface area contributed by atoms with Crippen molar-refractivity contribution in [3.63, 3.8) is 0 Å². The molecular formula is C12H13BrN4O2. The molecule has 1 heterocycles. The van der Waals surface area contributed by atoms with Crippen molar-refractivity contribution in [3.8, 4) is 12.0 Å². The number of nitrogens with zero attached hydrogens (tertiary/aromatic N) is 3. The van der Waals surface area contributed by atoms with Crippen molar-refractivity contribution in [2.45, 2.75) is 13.5 Å². The molecule has 7 heteroatoms. The van der Waals surface area contributed by atoms with Crippen LogP contribution in [-0.4, -0.2) is 21.6 Å². The minimum atomic E-state index is 0.0734. The van der Waals surface area contributed by atoms with E-state index in [1.165, 1.54) is 0 Å². The number of hydrogen-bond donors (Lipinski definition) is 1. The predicted molar refractivity (Wildman–Crippen MR) is 73.9 cm³/mol. The topological polar surface area (TPSA) is 83.2 Å². The molecule has 0 aliphatic carbocycles. The SMILES string of the molecule is CCOc1nc(N)nc(OCc2ccc(Br)cc2)n1. The summed E-state index contributed by atoms with van der Waals surface area (Å²) in [6.45, 7) is 2.64. The van der Waals surface area contributed by atoms with Crippen LogP contribution in [0.4, 0.5) is 5.95 Å². The van der Waals surface area contributed by atoms with E-state index in [9.17, 15) is 0 Å². The lowest BCUT2D eigenvalue weighted by molar-refractivity contribution is 0.262. The van der Waals surface area contributed by atoms with E-state index < -0.39 is 0 Å². The lowest BCUT2D eigenvalue weighted by Gasteiger charge is -2.06. The Morgan fingerprint density at radius 3 is 2.32 bits per heavy atom. The second kappa shape index (κ2) is 6.33. The molecule has 0 fully saturated rings. The zero-order valence-electron chi connectivity index (χ0n) is 10.3. The molecule has 0 bridgehead atoms. The van der Waals surface area contributed by atoms with Gasteiger partial charge in [0.15, 0.2) is 0 Å². The van der Waals surface area contributed by atoms with Gasteiger partial charge in [0, 0.05) is 4.47 Å². The van der Waals surface area contributed by atoms with E-state index in [4.69, 9.17) is 15.2 Å². The van der Waals surface area contributed by atoms with Crippen molar-refractivity contribution >= 4 is 21.9 Å². The first kappa shape index (κ1) is 13.5. The van der Waals surface area contributed by atoms with Crippen molar-refractivity contribution in [2.24, 2.45) is 0 Å². The van der Waals surface area contributed by atoms with Crippen LogP contribution >= 0.6 is 15.9 Å². The number of benzene rings is 1. The van der Waals surface area contributed by atoms with E-state index in [0.29, 0.717) is 13.2 Å². The van der Waals surface area contributed by atoms with Crippen LogP contribution in [0.1, 0.15) is 12.5 Å². The van der Waals surface area contributed by atoms with E-state index in [2.05, 4.69) is 30.9 Å². The third-order valence-electron chi connectivity index (χ3n) is 2.17. The predicted octanol–water partition coefficient (Wildman–Crippen LogP) is 2.19. The summed E-state index contributed by atoms with van der Waals surface area (Å²) in [5, 5.41) is 0. The smallest absolute Gasteiger partial charge is 0.324 e. The Morgan fingerprint density at radius 1 is 1.05 bits per heavy atom. The van der Waals surface area contributed by atoms with Crippen LogP contribution in [0.5, 0.6) is 12.0 Å². The molecule has 19 heavy (non-hydrogen) atoms. The average Bonchev–Trinajstić information content (AvgIpc) is 2.38. The summed E-state index contributed by atoms with van der Waals surface area (Å²) in [5.74, 6) is 0.0734. The van der Waals surface area contributed by atoms with Crippen molar-refractivity contribution in [3.05, 3.63) is 34.3 Å². The van der Waals surface area contributed by atoms with Crippen LogP contribution in [0.15, 0.2) is 28.7 Å². The fourth-order valence-electron chi connectivity index (χ4n) is 1.34. The fourth-order valence-corrected chi connectivity index (χ4v) is 1.60. The molecule has 1 aromatic heterocycles. The summed E-state index contributed by atoms with van der Waals surface area (Å²) in [6.07, 6.45) is 0. The summed E-state index contributed by atoms with van der Waals surface area (Å²) in [5.41, 5.74) is 6.55. The zero-order valence-corrected chi connectivity index (χ0v) is 11.9. The third-order valence-corrected chi connectivity index (χ3v) is 2.69. The minimum absolute atomic E-state index is 0.0734. The normalized spacial score (nSPS) is 10.2. The summed E-state index contributed by atoms with van der Waals surface area (Å²) in [6, 6.07) is 8.08. The number of aromatic nitrogens is 3. The Hall–Kier alpha value is -1.89. The van der Waals surface area contributed by atoms with E-state index in [-0.39, 0.29) is 18.0 Å². The van der Waals surface area contributed by atoms with Crippen molar-refractivity contribution in [2.75, 3.05) is 12.3 Å². The van der Waals surface area contributed by atoms with Crippen LogP contribution in [0, 0.1) is 0 Å². The first-order chi connectivity index (χ1) is 9.17. The van der Waals surface area contributed by atoms with Gasteiger partial charge in [-0.25, -0.2) is 0 Å². The van der Waals surface area contributed by atoms with Gasteiger partial charge in [-0.1, -0.05) is 28.1 Å². The molecule has 0 spiro atoms. The van der Waals surface area contributed by atoms with Gasteiger partial charge in [-0.3, -0.25) is 0 Å². The number of halogens is 1. The maximum absolute atomic E-state index is 5.55. The van der Waals surface area contributed by atoms with Gasteiger partial charge in [0.25, 0.3) is 0 Å². The largest absolute Gasteiger partial charge is 0.464 e. The van der Waals surface area contributed by atoms with Gasteiger partial charge in [-0.15, -0.1) is 4.98 Å². The molecule has 1 aromatic carbocycles. The van der Waals surface area contributed by atoms with Crippen molar-refractivity contribution in [1.29, 1.82) is 0 Å². The highest BCUT2D eigenvalue weighted by Gasteiger charge is 2.06. The molecule has 0 atom stereocenters. The van der Waals surface area contributed by atoms with Gasteiger partial charge in [0.1, 0.15) is 6.61 Å². The Labute approximate surface area is 119 Å². The molecule has 2 aromatic rings. The first-order valence-electron chi connectivity index (χ1n) is 5.69. The Kier molecular flexibility index (Phi) is 4.51. The number of nitrogens with two attached hydrogens (primary N) is 1. The van der Waals surface area contributed by atoms with Gasteiger partial charge in [-0.2, -0.15) is 9.97 Å². The van der Waals surface area contributed by atoms with Gasteiger partial charge < -0.3 is 15.2 Å². The molecule has 100 valence electrons. The number of nitrogen functional groups attached to an aromatic ring is 1. The lowest BCUT2D eigenvalue weighted by atomic mass is 10.2. The summed E-state index contributed by atoms with van der Waals surface area (Å²) in [4.78, 5) is 11.7. The molecule has 0 aliphatic heterocycles. The first-order valence-corrected chi connectivity index (χ1v) is 6.48. The molecule has 0 amide bonds. The Balaban J connectivity index is 2.04. The number of anilines is 1. The quantitative estimate of drug-likeness (QED) is 0.907. The third kappa shape index (κ3) is 4.06. The molecule has 2 N–H and O–H groups in total. The van der Waals surface area contributed by atoms with E-state index in [1.54, 1.807) is 0 Å². The van der Waals surface area contributed by atoms with Crippen LogP contribution in [0.2, 0.25) is 0 Å². The van der Waals surface area contributed by atoms with Gasteiger partial charge >= 0.3 is 12.0 Å². The maximum atomic E-state index is 5.55. The highest BCUT2D eigenvalue weighted by molar-refractivity contribution is 9.10. The summed E-state index contributed by atoms with van der Waals surface area (Å²) in [7, 11) is 0. The summed E-state index contributed by atoms with van der Waals surface area (Å²) >= 11 is 3.37. The molecule has 0 aliphatic rings. The molecule has 0 radical (unpaired) electrons. The molecule has 6 nitrogen and oxygen atoms in total. The highest BCUT2D eigenvalue weighted by Crippen LogP contribution is 2.14. The van der Waals surface area contributed by atoms with E-state index in [1.807, 2.05) is 31.2 Å². The van der Waals surface area contributed by atoms with Crippen molar-refractivity contribution in [1.82, 2.24) is 15.0 Å². The summed E-state index contributed by atoms with van der Waals surface area (Å²) < 4.78 is 11.6. The molecule has 2 rings (SSSR count). The molecule has 0 saturated heterocycles. The number of hydrogen-bond acceptors (Lipinski definition) is 6. The second-order valence-electron chi connectivity index (χ2n) is 3.61. The monoisotopic (exact) mass is 324 g/mol. The number of rotatable bonds is 5. The van der Waals surface area contributed by atoms with E-state index >= 15 is 0 Å². The van der Waals surface area contributed by atoms with Gasteiger partial charge in [0.2, 0.25) is 5.95 Å². The van der Waals surface area contributed by atoms with Crippen LogP contribution in [-0.2, 0) is 6.61 Å². The Bertz CT molecular complexity index is 548. The zero-order chi connectivity index (χ0) is 13.7. The standard InChI is InChI=1S/C12H13BrN4O2/c1-2-18-11-15-10(14)16-12(17-11)19-7-8-3-5-9(13)6-4-8/h3-6H,2,7H2,1H3,(H2,14,15,16,17). The lowest BCUT2D eigenvalue weighted by Crippen LogP contribution is -2.06. The molecule has 0 unspecified atom stereocenters. The second-order valence-corrected chi connectivity index (χ2v) is 4.52. The Morgan fingerprint density at radius 2 is 1.68 bits per heavy atom. The van der Waals surface area contributed by atoms with Crippen LogP contribution in [0.3, 0.4) is 0 Å². The maximum Gasteiger partial charge on any atom is 0.324 e. The minimum Gasteiger partial charge on any atom is -0.464 e. The molecule has 0 saturated carbocycles. The highest BCUT2D eigenvalue weighted by atomic mass is 79.9. The number of ether oxygens (including phenoxy) is 2. The van der Waals surface area contributed by atoms with Crippen LogP contribution < -0.4 is 15.2 Å². The molecular weight excluding hydrogens is 312 g/mol. The average molecular weight is 325 g/mol. The van der Waals surface area contributed by atoms with Gasteiger partial charge in [0.05, 0.1) is 6.61 Å². The van der Waals surface area contributed by atoms with E-state index in [0.717, 1.165) is 10.0 Å². The van der Waals surface area contributed by atoms with Crippen LogP contribution in [0.25, 0.3) is 0 Å². The van der Waals surface area contributed by atoms with Gasteiger partial charge in [-0.05, 0) is 24.6 Å². The fraction of sp³-hybridized carbons (Fsp3) is 0.250. The van der Waals surface area contributed by atoms with Crippen molar-refractivity contribution < 1.29 is 9.47 Å².